The van der Waals surface area contributed by atoms with Crippen LogP contribution in [0.4, 0.5) is 5.69 Å². The Labute approximate surface area is 117 Å². The second-order valence-electron chi connectivity index (χ2n) is 6.13. The lowest BCUT2D eigenvalue weighted by Gasteiger charge is -2.30. The third-order valence-electron chi connectivity index (χ3n) is 4.88. The van der Waals surface area contributed by atoms with E-state index in [1.807, 2.05) is 0 Å². The van der Waals surface area contributed by atoms with Crippen LogP contribution in [-0.4, -0.2) is 19.1 Å². The van der Waals surface area contributed by atoms with E-state index in [2.05, 4.69) is 29.2 Å². The first-order valence-corrected chi connectivity index (χ1v) is 7.96. The van der Waals surface area contributed by atoms with Crippen LogP contribution in [0.3, 0.4) is 0 Å². The Hall–Kier alpha value is -1.02. The van der Waals surface area contributed by atoms with Gasteiger partial charge in [0.1, 0.15) is 0 Å². The van der Waals surface area contributed by atoms with Gasteiger partial charge in [-0.05, 0) is 37.4 Å². The average Bonchev–Trinajstić information content (AvgIpc) is 2.64. The molecular weight excluding hydrogens is 232 g/mol. The largest absolute Gasteiger partial charge is 0.368 e. The molecule has 19 heavy (non-hydrogen) atoms. The van der Waals surface area contributed by atoms with Gasteiger partial charge in [-0.3, -0.25) is 0 Å². The summed E-state index contributed by atoms with van der Waals surface area (Å²) >= 11 is 0. The summed E-state index contributed by atoms with van der Waals surface area (Å²) < 4.78 is 0. The number of anilines is 1. The molecule has 1 aliphatic heterocycles. The molecule has 1 fully saturated rings. The minimum absolute atomic E-state index is 0.657. The first-order chi connectivity index (χ1) is 9.40. The summed E-state index contributed by atoms with van der Waals surface area (Å²) in [5.74, 6) is 0.657. The highest BCUT2D eigenvalue weighted by atomic mass is 15.2. The van der Waals surface area contributed by atoms with Gasteiger partial charge in [0.05, 0.1) is 0 Å². The molecule has 3 rings (SSSR count). The van der Waals surface area contributed by atoms with Crippen LogP contribution in [0.1, 0.15) is 56.4 Å². The number of rotatable bonds is 3. The standard InChI is InChI=1S/C17H26N2/c18-12-11-14-13-19(15-7-3-1-2-4-8-15)17-10-6-5-9-16(14)17/h5-6,9-10,14-15H,1-4,7-8,11-13,18H2. The zero-order valence-electron chi connectivity index (χ0n) is 11.9. The minimum atomic E-state index is 0.657. The van der Waals surface area contributed by atoms with Crippen LogP contribution in [0.5, 0.6) is 0 Å². The number of nitrogens with zero attached hydrogens (tertiary/aromatic N) is 1. The number of nitrogens with two attached hydrogens (primary N) is 1. The molecule has 2 heteroatoms. The monoisotopic (exact) mass is 258 g/mol. The summed E-state index contributed by atoms with van der Waals surface area (Å²) in [5.41, 5.74) is 8.83. The molecule has 1 aromatic carbocycles. The van der Waals surface area contributed by atoms with Crippen molar-refractivity contribution in [3.05, 3.63) is 29.8 Å². The van der Waals surface area contributed by atoms with Crippen molar-refractivity contribution >= 4 is 5.69 Å². The summed E-state index contributed by atoms with van der Waals surface area (Å²) in [4.78, 5) is 2.70. The van der Waals surface area contributed by atoms with Gasteiger partial charge in [-0.1, -0.05) is 43.9 Å². The number of para-hydroxylation sites is 1. The van der Waals surface area contributed by atoms with Crippen molar-refractivity contribution in [3.63, 3.8) is 0 Å². The molecule has 1 aromatic rings. The molecule has 2 nitrogen and oxygen atoms in total. The third kappa shape index (κ3) is 2.64. The molecule has 0 radical (unpaired) electrons. The van der Waals surface area contributed by atoms with Crippen LogP contribution in [0.15, 0.2) is 24.3 Å². The van der Waals surface area contributed by atoms with Crippen LogP contribution < -0.4 is 10.6 Å². The molecule has 104 valence electrons. The molecule has 1 atom stereocenters. The van der Waals surface area contributed by atoms with E-state index >= 15 is 0 Å². The van der Waals surface area contributed by atoms with Gasteiger partial charge < -0.3 is 10.6 Å². The first-order valence-electron chi connectivity index (χ1n) is 7.96. The van der Waals surface area contributed by atoms with Gasteiger partial charge in [-0.2, -0.15) is 0 Å². The van der Waals surface area contributed by atoms with Gasteiger partial charge in [-0.25, -0.2) is 0 Å². The van der Waals surface area contributed by atoms with E-state index < -0.39 is 0 Å². The highest BCUT2D eigenvalue weighted by Crippen LogP contribution is 2.40. The van der Waals surface area contributed by atoms with Crippen molar-refractivity contribution in [3.8, 4) is 0 Å². The maximum Gasteiger partial charge on any atom is 0.0405 e. The van der Waals surface area contributed by atoms with Gasteiger partial charge in [0.2, 0.25) is 0 Å². The third-order valence-corrected chi connectivity index (χ3v) is 4.88. The van der Waals surface area contributed by atoms with Crippen LogP contribution in [0.2, 0.25) is 0 Å². The van der Waals surface area contributed by atoms with E-state index in [1.54, 1.807) is 0 Å². The smallest absolute Gasteiger partial charge is 0.0405 e. The maximum atomic E-state index is 5.80. The molecule has 1 heterocycles. The Bertz CT molecular complexity index is 407. The molecule has 0 spiro atoms. The van der Waals surface area contributed by atoms with Crippen LogP contribution in [-0.2, 0) is 0 Å². The lowest BCUT2D eigenvalue weighted by molar-refractivity contribution is 0.515. The SMILES string of the molecule is NCCC1CN(C2CCCCCC2)c2ccccc21. The molecule has 0 bridgehead atoms. The Kier molecular flexibility index (Phi) is 4.07. The predicted octanol–water partition coefficient (Wildman–Crippen LogP) is 3.66. The normalized spacial score (nSPS) is 24.3. The fourth-order valence-corrected chi connectivity index (χ4v) is 3.89. The second-order valence-corrected chi connectivity index (χ2v) is 6.13. The Balaban J connectivity index is 1.82. The Morgan fingerprint density at radius 2 is 1.79 bits per heavy atom. The molecule has 1 saturated carbocycles. The van der Waals surface area contributed by atoms with Crippen molar-refractivity contribution in [1.82, 2.24) is 0 Å². The van der Waals surface area contributed by atoms with E-state index in [0.717, 1.165) is 19.0 Å². The fourth-order valence-electron chi connectivity index (χ4n) is 3.89. The van der Waals surface area contributed by atoms with Gasteiger partial charge in [0.15, 0.2) is 0 Å². The molecule has 0 amide bonds. The average molecular weight is 258 g/mol. The highest BCUT2D eigenvalue weighted by Gasteiger charge is 2.32. The fraction of sp³-hybridized carbons (Fsp3) is 0.647. The van der Waals surface area contributed by atoms with Crippen LogP contribution >= 0.6 is 0 Å². The van der Waals surface area contributed by atoms with Crippen LogP contribution in [0, 0.1) is 0 Å². The van der Waals surface area contributed by atoms with Crippen LogP contribution in [0.25, 0.3) is 0 Å². The topological polar surface area (TPSA) is 29.3 Å². The van der Waals surface area contributed by atoms with Gasteiger partial charge in [0.25, 0.3) is 0 Å². The molecule has 1 unspecified atom stereocenters. The maximum absolute atomic E-state index is 5.80. The Morgan fingerprint density at radius 3 is 2.53 bits per heavy atom. The van der Waals surface area contributed by atoms with Crippen molar-refractivity contribution in [2.24, 2.45) is 5.73 Å². The van der Waals surface area contributed by atoms with E-state index in [0.29, 0.717) is 5.92 Å². The minimum Gasteiger partial charge on any atom is -0.368 e. The number of fused-ring (bicyclic) bond motifs is 1. The van der Waals surface area contributed by atoms with Crippen molar-refractivity contribution in [1.29, 1.82) is 0 Å². The first kappa shape index (κ1) is 13.0. The molecule has 1 aliphatic carbocycles. The van der Waals surface area contributed by atoms with E-state index in [1.165, 1.54) is 56.3 Å². The lowest BCUT2D eigenvalue weighted by Crippen LogP contribution is -2.34. The predicted molar refractivity (Wildman–Crippen MR) is 81.7 cm³/mol. The molecule has 2 aliphatic rings. The summed E-state index contributed by atoms with van der Waals surface area (Å²) in [6.07, 6.45) is 9.56. The second kappa shape index (κ2) is 5.96. The number of hydrogen-bond acceptors (Lipinski definition) is 2. The lowest BCUT2D eigenvalue weighted by atomic mass is 9.98. The number of benzene rings is 1. The quantitative estimate of drug-likeness (QED) is 0.838. The van der Waals surface area contributed by atoms with E-state index in [9.17, 15) is 0 Å². The zero-order chi connectivity index (χ0) is 13.1. The highest BCUT2D eigenvalue weighted by molar-refractivity contribution is 5.60. The summed E-state index contributed by atoms with van der Waals surface area (Å²) in [5, 5.41) is 0. The molecular formula is C17H26N2. The summed E-state index contributed by atoms with van der Waals surface area (Å²) in [7, 11) is 0. The number of hydrogen-bond donors (Lipinski definition) is 1. The van der Waals surface area contributed by atoms with Gasteiger partial charge in [0, 0.05) is 24.2 Å². The summed E-state index contributed by atoms with van der Waals surface area (Å²) in [6, 6.07) is 9.77. The van der Waals surface area contributed by atoms with Gasteiger partial charge in [-0.15, -0.1) is 0 Å². The molecule has 0 saturated heterocycles. The van der Waals surface area contributed by atoms with Crippen molar-refractivity contribution in [2.45, 2.75) is 56.9 Å². The molecule has 0 aromatic heterocycles. The van der Waals surface area contributed by atoms with E-state index in [4.69, 9.17) is 5.73 Å². The zero-order valence-corrected chi connectivity index (χ0v) is 11.9. The van der Waals surface area contributed by atoms with Crippen molar-refractivity contribution < 1.29 is 0 Å². The Morgan fingerprint density at radius 1 is 1.05 bits per heavy atom. The van der Waals surface area contributed by atoms with E-state index in [-0.39, 0.29) is 0 Å². The van der Waals surface area contributed by atoms with Gasteiger partial charge >= 0.3 is 0 Å². The summed E-state index contributed by atoms with van der Waals surface area (Å²) in [6.45, 7) is 2.00. The molecule has 2 N–H and O–H groups in total. The van der Waals surface area contributed by atoms with Crippen molar-refractivity contribution in [2.75, 3.05) is 18.0 Å².